The molecule has 2 fully saturated rings. The Morgan fingerprint density at radius 3 is 2.22 bits per heavy atom. The summed E-state index contributed by atoms with van der Waals surface area (Å²) in [5.41, 5.74) is 0.386. The second-order valence-electron chi connectivity index (χ2n) is 7.10. The molecule has 2 atom stereocenters. The van der Waals surface area contributed by atoms with E-state index >= 15 is 0 Å². The van der Waals surface area contributed by atoms with Crippen LogP contribution >= 0.6 is 0 Å². The molecule has 104 valence electrons. The van der Waals surface area contributed by atoms with Crippen molar-refractivity contribution in [3.05, 3.63) is 0 Å². The van der Waals surface area contributed by atoms with E-state index in [0.29, 0.717) is 17.4 Å². The van der Waals surface area contributed by atoms with Crippen LogP contribution in [0.15, 0.2) is 0 Å². The molecule has 2 heterocycles. The van der Waals surface area contributed by atoms with E-state index in [-0.39, 0.29) is 5.92 Å². The van der Waals surface area contributed by atoms with E-state index in [1.807, 2.05) is 0 Å². The molecule has 0 aliphatic carbocycles. The molecule has 1 N–H and O–H groups in total. The molecular weight excluding hydrogens is 224 g/mol. The van der Waals surface area contributed by atoms with Gasteiger partial charge in [0.1, 0.15) is 0 Å². The van der Waals surface area contributed by atoms with Crippen molar-refractivity contribution < 1.29 is 4.79 Å². The van der Waals surface area contributed by atoms with Crippen LogP contribution < -0.4 is 5.32 Å². The predicted molar refractivity (Wildman–Crippen MR) is 74.3 cm³/mol. The first-order valence-corrected chi connectivity index (χ1v) is 7.42. The molecule has 3 nitrogen and oxygen atoms in total. The summed E-state index contributed by atoms with van der Waals surface area (Å²) in [6, 6.07) is 0.359. The summed E-state index contributed by atoms with van der Waals surface area (Å²) >= 11 is 0. The lowest BCUT2D eigenvalue weighted by Crippen LogP contribution is -2.45. The van der Waals surface area contributed by atoms with Gasteiger partial charge in [0.15, 0.2) is 0 Å². The minimum Gasteiger partial charge on any atom is -0.342 e. The van der Waals surface area contributed by atoms with Gasteiger partial charge in [-0.3, -0.25) is 4.79 Å². The van der Waals surface area contributed by atoms with Crippen LogP contribution in [0, 0.1) is 17.3 Å². The van der Waals surface area contributed by atoms with Crippen LogP contribution in [-0.2, 0) is 4.79 Å². The molecule has 0 aromatic rings. The van der Waals surface area contributed by atoms with E-state index in [1.165, 1.54) is 12.8 Å². The van der Waals surface area contributed by atoms with Gasteiger partial charge in [-0.1, -0.05) is 20.8 Å². The first-order valence-electron chi connectivity index (χ1n) is 7.42. The van der Waals surface area contributed by atoms with E-state index in [4.69, 9.17) is 0 Å². The van der Waals surface area contributed by atoms with Crippen molar-refractivity contribution in [2.45, 2.75) is 53.0 Å². The molecule has 2 aliphatic heterocycles. The van der Waals surface area contributed by atoms with Gasteiger partial charge in [0.25, 0.3) is 0 Å². The fraction of sp³-hybridized carbons (Fsp3) is 0.933. The highest BCUT2D eigenvalue weighted by Crippen LogP contribution is 2.34. The van der Waals surface area contributed by atoms with Crippen molar-refractivity contribution in [3.63, 3.8) is 0 Å². The Labute approximate surface area is 111 Å². The third kappa shape index (κ3) is 2.87. The summed E-state index contributed by atoms with van der Waals surface area (Å²) in [7, 11) is 0. The monoisotopic (exact) mass is 252 g/mol. The fourth-order valence-electron chi connectivity index (χ4n) is 3.40. The molecule has 0 radical (unpaired) electrons. The standard InChI is InChI=1S/C15H28N2O/c1-11-13(5-8-16-11)14(18)17-9-6-12(7-10-17)15(2,3)4/h11-13,16H,5-10H2,1-4H3. The van der Waals surface area contributed by atoms with Gasteiger partial charge in [-0.15, -0.1) is 0 Å². The van der Waals surface area contributed by atoms with E-state index < -0.39 is 0 Å². The molecule has 0 spiro atoms. The Kier molecular flexibility index (Phi) is 4.00. The molecule has 3 heteroatoms. The Bertz CT molecular complexity index is 300. The molecule has 0 saturated carbocycles. The Morgan fingerprint density at radius 2 is 1.78 bits per heavy atom. The third-order valence-electron chi connectivity index (χ3n) is 4.87. The van der Waals surface area contributed by atoms with Crippen LogP contribution in [0.3, 0.4) is 0 Å². The van der Waals surface area contributed by atoms with Crippen molar-refractivity contribution in [2.24, 2.45) is 17.3 Å². The lowest BCUT2D eigenvalue weighted by Gasteiger charge is -2.39. The lowest BCUT2D eigenvalue weighted by atomic mass is 9.75. The number of likely N-dealkylation sites (tertiary alicyclic amines) is 1. The third-order valence-corrected chi connectivity index (χ3v) is 4.87. The molecule has 2 aliphatic rings. The molecule has 0 aromatic heterocycles. The van der Waals surface area contributed by atoms with Crippen LogP contribution in [0.5, 0.6) is 0 Å². The molecule has 2 rings (SSSR count). The molecule has 0 aromatic carbocycles. The quantitative estimate of drug-likeness (QED) is 0.776. The summed E-state index contributed by atoms with van der Waals surface area (Å²) in [4.78, 5) is 14.6. The van der Waals surface area contributed by atoms with Gasteiger partial charge in [-0.05, 0) is 44.1 Å². The predicted octanol–water partition coefficient (Wildman–Crippen LogP) is 2.27. The highest BCUT2D eigenvalue weighted by Gasteiger charge is 2.36. The van der Waals surface area contributed by atoms with Crippen molar-refractivity contribution in [3.8, 4) is 0 Å². The Hall–Kier alpha value is -0.570. The number of carbonyl (C=O) groups excluding carboxylic acids is 1. The lowest BCUT2D eigenvalue weighted by molar-refractivity contribution is -0.137. The number of hydrogen-bond donors (Lipinski definition) is 1. The zero-order valence-corrected chi connectivity index (χ0v) is 12.3. The van der Waals surface area contributed by atoms with Crippen LogP contribution in [0.25, 0.3) is 0 Å². The number of nitrogens with one attached hydrogen (secondary N) is 1. The largest absolute Gasteiger partial charge is 0.342 e. The Balaban J connectivity index is 1.88. The van der Waals surface area contributed by atoms with E-state index in [0.717, 1.165) is 32.0 Å². The number of amides is 1. The molecule has 2 unspecified atom stereocenters. The van der Waals surface area contributed by atoms with Crippen LogP contribution in [0.4, 0.5) is 0 Å². The zero-order chi connectivity index (χ0) is 13.3. The van der Waals surface area contributed by atoms with E-state index in [9.17, 15) is 4.79 Å². The number of rotatable bonds is 1. The van der Waals surface area contributed by atoms with E-state index in [2.05, 4.69) is 37.9 Å². The second kappa shape index (κ2) is 5.20. The smallest absolute Gasteiger partial charge is 0.227 e. The van der Waals surface area contributed by atoms with Gasteiger partial charge in [0.05, 0.1) is 5.92 Å². The number of hydrogen-bond acceptors (Lipinski definition) is 2. The van der Waals surface area contributed by atoms with Crippen LogP contribution in [-0.4, -0.2) is 36.5 Å². The van der Waals surface area contributed by atoms with Gasteiger partial charge in [-0.2, -0.15) is 0 Å². The van der Waals surface area contributed by atoms with Crippen molar-refractivity contribution in [1.82, 2.24) is 10.2 Å². The molecule has 2 saturated heterocycles. The Morgan fingerprint density at radius 1 is 1.17 bits per heavy atom. The molecular formula is C15H28N2O. The molecule has 1 amide bonds. The summed E-state index contributed by atoms with van der Waals surface area (Å²) in [6.45, 7) is 12.0. The maximum absolute atomic E-state index is 12.5. The number of carbonyl (C=O) groups is 1. The van der Waals surface area contributed by atoms with Gasteiger partial charge >= 0.3 is 0 Å². The highest BCUT2D eigenvalue weighted by molar-refractivity contribution is 5.80. The normalized spacial score (nSPS) is 30.8. The van der Waals surface area contributed by atoms with Crippen molar-refractivity contribution >= 4 is 5.91 Å². The highest BCUT2D eigenvalue weighted by atomic mass is 16.2. The van der Waals surface area contributed by atoms with Gasteiger partial charge < -0.3 is 10.2 Å². The van der Waals surface area contributed by atoms with Gasteiger partial charge in [-0.25, -0.2) is 0 Å². The molecule has 18 heavy (non-hydrogen) atoms. The fourth-order valence-corrected chi connectivity index (χ4v) is 3.40. The number of piperidine rings is 1. The summed E-state index contributed by atoms with van der Waals surface area (Å²) in [6.07, 6.45) is 3.35. The van der Waals surface area contributed by atoms with E-state index in [1.54, 1.807) is 0 Å². The maximum Gasteiger partial charge on any atom is 0.227 e. The minimum atomic E-state index is 0.219. The number of nitrogens with zero attached hydrogens (tertiary/aromatic N) is 1. The average molecular weight is 252 g/mol. The maximum atomic E-state index is 12.5. The van der Waals surface area contributed by atoms with Gasteiger partial charge in [0, 0.05) is 19.1 Å². The van der Waals surface area contributed by atoms with Crippen LogP contribution in [0.2, 0.25) is 0 Å². The summed E-state index contributed by atoms with van der Waals surface area (Å²) in [5.74, 6) is 1.37. The minimum absolute atomic E-state index is 0.219. The van der Waals surface area contributed by atoms with Crippen molar-refractivity contribution in [2.75, 3.05) is 19.6 Å². The summed E-state index contributed by atoms with van der Waals surface area (Å²) < 4.78 is 0. The van der Waals surface area contributed by atoms with Crippen molar-refractivity contribution in [1.29, 1.82) is 0 Å². The van der Waals surface area contributed by atoms with Crippen LogP contribution in [0.1, 0.15) is 47.0 Å². The first kappa shape index (κ1) is 13.9. The second-order valence-corrected chi connectivity index (χ2v) is 7.10. The SMILES string of the molecule is CC1NCCC1C(=O)N1CCC(C(C)(C)C)CC1. The summed E-state index contributed by atoms with van der Waals surface area (Å²) in [5, 5.41) is 3.38. The topological polar surface area (TPSA) is 32.3 Å². The molecule has 0 bridgehead atoms. The zero-order valence-electron chi connectivity index (χ0n) is 12.3. The first-order chi connectivity index (χ1) is 8.39. The average Bonchev–Trinajstić information content (AvgIpc) is 2.73. The van der Waals surface area contributed by atoms with Gasteiger partial charge in [0.2, 0.25) is 5.91 Å².